The summed E-state index contributed by atoms with van der Waals surface area (Å²) in [6.45, 7) is 1.77. The number of nitro benzene ring substituents is 1. The summed E-state index contributed by atoms with van der Waals surface area (Å²) in [5.74, 6) is -1.52. The van der Waals surface area contributed by atoms with Gasteiger partial charge in [-0.1, -0.05) is 0 Å². The normalized spacial score (nSPS) is 14.2. The van der Waals surface area contributed by atoms with E-state index in [2.05, 4.69) is 10.1 Å². The van der Waals surface area contributed by atoms with Gasteiger partial charge in [0.2, 0.25) is 11.2 Å². The van der Waals surface area contributed by atoms with Crippen LogP contribution < -0.4 is 25.4 Å². The van der Waals surface area contributed by atoms with E-state index in [-0.39, 0.29) is 16.6 Å². The molecule has 1 aliphatic rings. The number of nitrogens with one attached hydrogen (secondary N) is 1. The SMILES string of the molecule is CN(C)n1cc(OC(=O)O)c(=O)c2cc(F)c(N3CCNCC3)c([N+](=O)[O-])c21. The number of piperazine rings is 1. The van der Waals surface area contributed by atoms with Crippen molar-refractivity contribution in [3.8, 4) is 5.75 Å². The van der Waals surface area contributed by atoms with Gasteiger partial charge in [0.1, 0.15) is 0 Å². The Labute approximate surface area is 157 Å². The average molecular weight is 395 g/mol. The predicted molar refractivity (Wildman–Crippen MR) is 98.6 cm³/mol. The second-order valence-electron chi connectivity index (χ2n) is 6.33. The summed E-state index contributed by atoms with van der Waals surface area (Å²) < 4.78 is 20.6. The number of hydrogen-bond donors (Lipinski definition) is 2. The van der Waals surface area contributed by atoms with Crippen molar-refractivity contribution in [2.24, 2.45) is 0 Å². The number of pyridine rings is 1. The molecule has 1 fully saturated rings. The molecule has 150 valence electrons. The largest absolute Gasteiger partial charge is 0.511 e. The molecule has 28 heavy (non-hydrogen) atoms. The van der Waals surface area contributed by atoms with Crippen LogP contribution in [0.4, 0.5) is 20.6 Å². The molecule has 2 heterocycles. The van der Waals surface area contributed by atoms with Gasteiger partial charge >= 0.3 is 11.8 Å². The molecule has 2 N–H and O–H groups in total. The van der Waals surface area contributed by atoms with Gasteiger partial charge in [-0.25, -0.2) is 9.18 Å². The van der Waals surface area contributed by atoms with Gasteiger partial charge < -0.3 is 25.1 Å². The Morgan fingerprint density at radius 3 is 2.57 bits per heavy atom. The van der Waals surface area contributed by atoms with E-state index in [9.17, 15) is 24.1 Å². The number of anilines is 1. The van der Waals surface area contributed by atoms with E-state index in [0.717, 1.165) is 12.3 Å². The van der Waals surface area contributed by atoms with E-state index >= 15 is 0 Å². The van der Waals surface area contributed by atoms with Gasteiger partial charge in [-0.05, 0) is 6.07 Å². The summed E-state index contributed by atoms with van der Waals surface area (Å²) >= 11 is 0. The summed E-state index contributed by atoms with van der Waals surface area (Å²) in [6.07, 6.45) is -0.695. The number of hydrogen-bond acceptors (Lipinski definition) is 8. The lowest BCUT2D eigenvalue weighted by Crippen LogP contribution is -2.44. The van der Waals surface area contributed by atoms with Gasteiger partial charge in [0.15, 0.2) is 17.0 Å². The highest BCUT2D eigenvalue weighted by molar-refractivity contribution is 5.95. The fraction of sp³-hybridized carbons (Fsp3) is 0.375. The van der Waals surface area contributed by atoms with Crippen LogP contribution in [-0.2, 0) is 0 Å². The number of ether oxygens (including phenoxy) is 1. The molecular weight excluding hydrogens is 377 g/mol. The predicted octanol–water partition coefficient (Wildman–Crippen LogP) is 0.713. The lowest BCUT2D eigenvalue weighted by Gasteiger charge is -2.30. The second-order valence-corrected chi connectivity index (χ2v) is 6.33. The first kappa shape index (κ1) is 19.4. The monoisotopic (exact) mass is 395 g/mol. The summed E-state index contributed by atoms with van der Waals surface area (Å²) in [5.41, 5.74) is -1.87. The van der Waals surface area contributed by atoms with Gasteiger partial charge in [-0.15, -0.1) is 0 Å². The standard InChI is InChI=1S/C16H18FN5O6/c1-19(2)21-8-11(28-16(24)25)15(23)9-7-10(17)13(14(12(9)21)22(26)27)20-5-3-18-4-6-20/h7-8,18H,3-6H2,1-2H3,(H,24,25). The number of rotatable bonds is 4. The smallest absolute Gasteiger partial charge is 0.449 e. The van der Waals surface area contributed by atoms with Gasteiger partial charge in [0, 0.05) is 40.3 Å². The molecule has 1 aromatic carbocycles. The van der Waals surface area contributed by atoms with Crippen LogP contribution >= 0.6 is 0 Å². The first-order chi connectivity index (χ1) is 13.2. The maximum absolute atomic E-state index is 14.9. The van der Waals surface area contributed by atoms with E-state index in [4.69, 9.17) is 5.11 Å². The minimum atomic E-state index is -1.73. The average Bonchev–Trinajstić information content (AvgIpc) is 2.63. The summed E-state index contributed by atoms with van der Waals surface area (Å²) in [4.78, 5) is 36.2. The highest BCUT2D eigenvalue weighted by atomic mass is 19.1. The summed E-state index contributed by atoms with van der Waals surface area (Å²) in [6, 6.07) is 0.886. The fourth-order valence-electron chi connectivity index (χ4n) is 3.23. The quantitative estimate of drug-likeness (QED) is 0.437. The Hall–Kier alpha value is -3.41. The van der Waals surface area contributed by atoms with E-state index in [0.29, 0.717) is 26.2 Å². The molecule has 0 spiro atoms. The number of halogens is 1. The molecule has 0 bridgehead atoms. The topological polar surface area (TPSA) is 130 Å². The molecule has 2 aromatic rings. The minimum absolute atomic E-state index is 0.146. The Morgan fingerprint density at radius 2 is 2.04 bits per heavy atom. The van der Waals surface area contributed by atoms with E-state index in [1.807, 2.05) is 0 Å². The summed E-state index contributed by atoms with van der Waals surface area (Å²) in [5, 5.41) is 24.9. The van der Waals surface area contributed by atoms with Gasteiger partial charge in [-0.3, -0.25) is 19.6 Å². The number of nitrogens with zero attached hydrogens (tertiary/aromatic N) is 4. The number of fused-ring (bicyclic) bond motifs is 1. The molecule has 1 saturated heterocycles. The molecule has 11 nitrogen and oxygen atoms in total. The summed E-state index contributed by atoms with van der Waals surface area (Å²) in [7, 11) is 3.07. The molecule has 3 rings (SSSR count). The van der Waals surface area contributed by atoms with Crippen molar-refractivity contribution in [2.75, 3.05) is 50.2 Å². The van der Waals surface area contributed by atoms with Crippen LogP contribution in [0.2, 0.25) is 0 Å². The van der Waals surface area contributed by atoms with Crippen LogP contribution in [0.25, 0.3) is 10.9 Å². The van der Waals surface area contributed by atoms with Crippen LogP contribution in [0.1, 0.15) is 0 Å². The number of carbonyl (C=O) groups is 1. The molecule has 0 aliphatic carbocycles. The van der Waals surface area contributed by atoms with Crippen molar-refractivity contribution in [1.29, 1.82) is 0 Å². The lowest BCUT2D eigenvalue weighted by atomic mass is 10.1. The fourth-order valence-corrected chi connectivity index (χ4v) is 3.23. The molecule has 1 aliphatic heterocycles. The van der Waals surface area contributed by atoms with Gasteiger partial charge in [0.25, 0.3) is 0 Å². The minimum Gasteiger partial charge on any atom is -0.449 e. The highest BCUT2D eigenvalue weighted by Gasteiger charge is 2.32. The Morgan fingerprint density at radius 1 is 1.39 bits per heavy atom. The number of nitro groups is 1. The number of carboxylic acid groups (broad SMARTS) is 1. The van der Waals surface area contributed by atoms with Crippen molar-refractivity contribution >= 4 is 28.4 Å². The molecule has 0 saturated carbocycles. The molecule has 1 aromatic heterocycles. The van der Waals surface area contributed by atoms with Crippen LogP contribution in [-0.4, -0.2) is 61.1 Å². The highest BCUT2D eigenvalue weighted by Crippen LogP contribution is 2.38. The van der Waals surface area contributed by atoms with E-state index in [1.54, 1.807) is 4.90 Å². The molecule has 0 radical (unpaired) electrons. The number of benzene rings is 1. The zero-order valence-electron chi connectivity index (χ0n) is 15.1. The van der Waals surface area contributed by atoms with Crippen LogP contribution in [0.3, 0.4) is 0 Å². The van der Waals surface area contributed by atoms with Crippen molar-refractivity contribution < 1.29 is 24.0 Å². The third-order valence-corrected chi connectivity index (χ3v) is 4.38. The van der Waals surface area contributed by atoms with Gasteiger partial charge in [-0.2, -0.15) is 0 Å². The number of aromatic nitrogens is 1. The van der Waals surface area contributed by atoms with Crippen LogP contribution in [0, 0.1) is 15.9 Å². The van der Waals surface area contributed by atoms with Crippen molar-refractivity contribution in [2.45, 2.75) is 0 Å². The third kappa shape index (κ3) is 3.29. The van der Waals surface area contributed by atoms with E-state index < -0.39 is 33.8 Å². The first-order valence-corrected chi connectivity index (χ1v) is 8.32. The molecule has 0 unspecified atom stereocenters. The zero-order valence-corrected chi connectivity index (χ0v) is 15.1. The Bertz CT molecular complexity index is 1010. The van der Waals surface area contributed by atoms with Crippen molar-refractivity contribution in [1.82, 2.24) is 9.99 Å². The Balaban J connectivity index is 2.43. The second kappa shape index (κ2) is 7.31. The van der Waals surface area contributed by atoms with Gasteiger partial charge in [0.05, 0.1) is 16.5 Å². The molecule has 0 amide bonds. The first-order valence-electron chi connectivity index (χ1n) is 8.32. The molecule has 12 heteroatoms. The maximum Gasteiger partial charge on any atom is 0.511 e. The van der Waals surface area contributed by atoms with Crippen molar-refractivity contribution in [3.05, 3.63) is 38.4 Å². The third-order valence-electron chi connectivity index (χ3n) is 4.38. The van der Waals surface area contributed by atoms with Crippen LogP contribution in [0.15, 0.2) is 17.1 Å². The zero-order chi connectivity index (χ0) is 20.6. The van der Waals surface area contributed by atoms with Crippen LogP contribution in [0.5, 0.6) is 5.75 Å². The molecule has 0 atom stereocenters. The Kier molecular flexibility index (Phi) is 5.05. The van der Waals surface area contributed by atoms with Crippen molar-refractivity contribution in [3.63, 3.8) is 0 Å². The lowest BCUT2D eigenvalue weighted by molar-refractivity contribution is -0.382. The van der Waals surface area contributed by atoms with E-state index in [1.165, 1.54) is 23.8 Å². The molecular formula is C16H18FN5O6. The maximum atomic E-state index is 14.9.